The van der Waals surface area contributed by atoms with Crippen LogP contribution in [0.4, 0.5) is 10.5 Å². The van der Waals surface area contributed by atoms with Crippen LogP contribution in [-0.2, 0) is 19.1 Å². The Kier molecular flexibility index (Phi) is 7.02. The maximum atomic E-state index is 12.0. The molecule has 2 N–H and O–H groups in total. The third-order valence-corrected chi connectivity index (χ3v) is 4.47. The summed E-state index contributed by atoms with van der Waals surface area (Å²) in [6, 6.07) is 6.89. The fraction of sp³-hybridized carbons (Fsp3) is 0.412. The number of carbonyl (C=O) groups excluding carboxylic acids is 4. The van der Waals surface area contributed by atoms with Crippen LogP contribution in [0.5, 0.6) is 0 Å². The maximum Gasteiger partial charge on any atom is 0.324 e. The Morgan fingerprint density at radius 2 is 1.96 bits per heavy atom. The average Bonchev–Trinajstić information content (AvgIpc) is 3.02. The highest BCUT2D eigenvalue weighted by molar-refractivity contribution is 8.00. The van der Waals surface area contributed by atoms with E-state index in [0.29, 0.717) is 12.2 Å². The van der Waals surface area contributed by atoms with Gasteiger partial charge in [0.05, 0.1) is 11.5 Å². The Hall–Kier alpha value is -2.55. The van der Waals surface area contributed by atoms with E-state index in [1.165, 1.54) is 6.92 Å². The number of nitrogens with one attached hydrogen (secondary N) is 2. The first-order chi connectivity index (χ1) is 12.4. The number of urea groups is 1. The van der Waals surface area contributed by atoms with E-state index in [1.54, 1.807) is 12.1 Å². The molecule has 1 atom stereocenters. The summed E-state index contributed by atoms with van der Waals surface area (Å²) in [7, 11) is 0. The second-order valence-electron chi connectivity index (χ2n) is 5.76. The van der Waals surface area contributed by atoms with Crippen molar-refractivity contribution in [2.45, 2.75) is 20.0 Å². The lowest BCUT2D eigenvalue weighted by atomic mass is 10.2. The van der Waals surface area contributed by atoms with Crippen molar-refractivity contribution in [3.63, 3.8) is 0 Å². The van der Waals surface area contributed by atoms with Crippen molar-refractivity contribution in [1.29, 1.82) is 0 Å². The van der Waals surface area contributed by atoms with Gasteiger partial charge in [0.2, 0.25) is 5.91 Å². The number of aryl methyl sites for hydroxylation is 1. The van der Waals surface area contributed by atoms with Gasteiger partial charge in [0.15, 0.2) is 6.10 Å². The minimum absolute atomic E-state index is 0.0644. The predicted molar refractivity (Wildman–Crippen MR) is 97.8 cm³/mol. The first-order valence-corrected chi connectivity index (χ1v) is 9.25. The van der Waals surface area contributed by atoms with Gasteiger partial charge in [0, 0.05) is 18.8 Å². The minimum Gasteiger partial charge on any atom is -0.452 e. The molecule has 0 saturated carbocycles. The Labute approximate surface area is 155 Å². The van der Waals surface area contributed by atoms with Gasteiger partial charge in [-0.05, 0) is 26.0 Å². The molecule has 26 heavy (non-hydrogen) atoms. The Morgan fingerprint density at radius 3 is 2.58 bits per heavy atom. The van der Waals surface area contributed by atoms with Crippen molar-refractivity contribution < 1.29 is 23.9 Å². The molecule has 1 aliphatic rings. The molecule has 1 saturated heterocycles. The number of hydrogen-bond donors (Lipinski definition) is 2. The van der Waals surface area contributed by atoms with E-state index < -0.39 is 24.0 Å². The number of carbonyl (C=O) groups is 4. The number of ether oxygens (including phenoxy) is 1. The van der Waals surface area contributed by atoms with Crippen LogP contribution in [-0.4, -0.2) is 59.4 Å². The lowest BCUT2D eigenvalue weighted by Gasteiger charge is -2.18. The number of imide groups is 1. The lowest BCUT2D eigenvalue weighted by molar-refractivity contribution is -0.155. The molecule has 2 rings (SSSR count). The van der Waals surface area contributed by atoms with Gasteiger partial charge in [-0.15, -0.1) is 11.8 Å². The molecular formula is C17H21N3O5S. The van der Waals surface area contributed by atoms with Gasteiger partial charge in [0.25, 0.3) is 5.91 Å². The SMILES string of the molecule is Cc1ccc(NC(=O)CSCC(=O)O[C@H](C)C(=O)N2CCNC2=O)cc1. The Balaban J connectivity index is 1.67. The summed E-state index contributed by atoms with van der Waals surface area (Å²) in [4.78, 5) is 48.1. The van der Waals surface area contributed by atoms with E-state index in [2.05, 4.69) is 10.6 Å². The predicted octanol–water partition coefficient (Wildman–Crippen LogP) is 1.15. The van der Waals surface area contributed by atoms with Crippen LogP contribution in [0.15, 0.2) is 24.3 Å². The third-order valence-electron chi connectivity index (χ3n) is 3.57. The molecule has 0 unspecified atom stereocenters. The summed E-state index contributed by atoms with van der Waals surface area (Å²) in [6.45, 7) is 4.01. The van der Waals surface area contributed by atoms with Crippen molar-refractivity contribution in [2.24, 2.45) is 0 Å². The van der Waals surface area contributed by atoms with Crippen molar-refractivity contribution >= 4 is 41.3 Å². The van der Waals surface area contributed by atoms with E-state index in [1.807, 2.05) is 19.1 Å². The molecule has 0 aromatic heterocycles. The van der Waals surface area contributed by atoms with Crippen molar-refractivity contribution in [3.8, 4) is 0 Å². The molecule has 1 fully saturated rings. The highest BCUT2D eigenvalue weighted by Crippen LogP contribution is 2.11. The van der Waals surface area contributed by atoms with Crippen LogP contribution < -0.4 is 10.6 Å². The van der Waals surface area contributed by atoms with E-state index in [0.717, 1.165) is 22.2 Å². The normalized spacial score (nSPS) is 14.5. The number of esters is 1. The average molecular weight is 379 g/mol. The summed E-state index contributed by atoms with van der Waals surface area (Å²) >= 11 is 1.09. The van der Waals surface area contributed by atoms with Gasteiger partial charge in [-0.25, -0.2) is 4.79 Å². The smallest absolute Gasteiger partial charge is 0.324 e. The summed E-state index contributed by atoms with van der Waals surface area (Å²) < 4.78 is 5.02. The summed E-state index contributed by atoms with van der Waals surface area (Å²) in [5, 5.41) is 5.23. The molecule has 1 heterocycles. The van der Waals surface area contributed by atoms with E-state index in [4.69, 9.17) is 4.74 Å². The number of rotatable bonds is 7. The molecule has 0 spiro atoms. The molecule has 4 amide bonds. The van der Waals surface area contributed by atoms with Gasteiger partial charge in [-0.3, -0.25) is 19.3 Å². The van der Waals surface area contributed by atoms with Crippen LogP contribution >= 0.6 is 11.8 Å². The standard InChI is InChI=1S/C17H21N3O5S/c1-11-3-5-13(6-4-11)19-14(21)9-26-10-15(22)25-12(2)16(23)20-8-7-18-17(20)24/h3-6,12H,7-10H2,1-2H3,(H,18,24)(H,19,21)/t12-/m1/s1. The molecule has 1 aromatic carbocycles. The van der Waals surface area contributed by atoms with Crippen molar-refractivity contribution in [2.75, 3.05) is 29.9 Å². The lowest BCUT2D eigenvalue weighted by Crippen LogP contribution is -2.42. The molecule has 0 aliphatic carbocycles. The van der Waals surface area contributed by atoms with Gasteiger partial charge in [-0.1, -0.05) is 17.7 Å². The van der Waals surface area contributed by atoms with E-state index in [-0.39, 0.29) is 24.0 Å². The van der Waals surface area contributed by atoms with E-state index >= 15 is 0 Å². The van der Waals surface area contributed by atoms with Crippen LogP contribution in [0.3, 0.4) is 0 Å². The topological polar surface area (TPSA) is 105 Å². The number of hydrogen-bond acceptors (Lipinski definition) is 6. The summed E-state index contributed by atoms with van der Waals surface area (Å²) in [6.07, 6.45) is -1.05. The monoisotopic (exact) mass is 379 g/mol. The molecule has 1 aliphatic heterocycles. The van der Waals surface area contributed by atoms with Gasteiger partial charge in [0.1, 0.15) is 0 Å². The number of thioether (sulfide) groups is 1. The number of nitrogens with zero attached hydrogens (tertiary/aromatic N) is 1. The minimum atomic E-state index is -1.05. The van der Waals surface area contributed by atoms with Gasteiger partial charge >= 0.3 is 12.0 Å². The first kappa shape index (κ1) is 19.8. The van der Waals surface area contributed by atoms with Gasteiger partial charge in [-0.2, -0.15) is 0 Å². The third kappa shape index (κ3) is 5.76. The second-order valence-corrected chi connectivity index (χ2v) is 6.75. The molecular weight excluding hydrogens is 358 g/mol. The van der Waals surface area contributed by atoms with Crippen LogP contribution in [0.2, 0.25) is 0 Å². The number of amides is 4. The quantitative estimate of drug-likeness (QED) is 0.689. The zero-order chi connectivity index (χ0) is 19.1. The molecule has 8 nitrogen and oxygen atoms in total. The fourth-order valence-corrected chi connectivity index (χ4v) is 2.84. The molecule has 140 valence electrons. The Bertz CT molecular complexity index is 692. The second kappa shape index (κ2) is 9.23. The fourth-order valence-electron chi connectivity index (χ4n) is 2.24. The molecule has 0 bridgehead atoms. The maximum absolute atomic E-state index is 12.0. The summed E-state index contributed by atoms with van der Waals surface area (Å²) in [5.41, 5.74) is 1.78. The van der Waals surface area contributed by atoms with Crippen molar-refractivity contribution in [1.82, 2.24) is 10.2 Å². The molecule has 1 aromatic rings. The van der Waals surface area contributed by atoms with E-state index in [9.17, 15) is 19.2 Å². The molecule has 9 heteroatoms. The highest BCUT2D eigenvalue weighted by Gasteiger charge is 2.31. The number of anilines is 1. The van der Waals surface area contributed by atoms with Crippen LogP contribution in [0.25, 0.3) is 0 Å². The largest absolute Gasteiger partial charge is 0.452 e. The zero-order valence-electron chi connectivity index (χ0n) is 14.6. The molecule has 0 radical (unpaired) electrons. The van der Waals surface area contributed by atoms with Crippen LogP contribution in [0, 0.1) is 6.92 Å². The van der Waals surface area contributed by atoms with Crippen molar-refractivity contribution in [3.05, 3.63) is 29.8 Å². The summed E-state index contributed by atoms with van der Waals surface area (Å²) in [5.74, 6) is -1.39. The zero-order valence-corrected chi connectivity index (χ0v) is 15.4. The first-order valence-electron chi connectivity index (χ1n) is 8.10. The number of benzene rings is 1. The highest BCUT2D eigenvalue weighted by atomic mass is 32.2. The van der Waals surface area contributed by atoms with Gasteiger partial charge < -0.3 is 15.4 Å². The Morgan fingerprint density at radius 1 is 1.27 bits per heavy atom. The van der Waals surface area contributed by atoms with Crippen LogP contribution in [0.1, 0.15) is 12.5 Å².